The normalized spacial score (nSPS) is 23.9. The predicted molar refractivity (Wildman–Crippen MR) is 188 cm³/mol. The molecule has 0 heterocycles. The zero-order chi connectivity index (χ0) is 29.8. The van der Waals surface area contributed by atoms with Gasteiger partial charge < -0.3 is 0 Å². The molecule has 1 atom stereocenters. The van der Waals surface area contributed by atoms with Crippen LogP contribution in [0.5, 0.6) is 0 Å². The molecule has 0 spiro atoms. The monoisotopic (exact) mass is 564 g/mol. The van der Waals surface area contributed by atoms with Gasteiger partial charge in [-0.2, -0.15) is 0 Å². The summed E-state index contributed by atoms with van der Waals surface area (Å²) < 4.78 is 0. The summed E-state index contributed by atoms with van der Waals surface area (Å²) in [6, 6.07) is 0. The zero-order valence-electron chi connectivity index (χ0n) is 26.9. The first-order chi connectivity index (χ1) is 19.6. The molecule has 0 aromatic rings. The molecular formula is C40H53P. The molecule has 0 radical (unpaired) electrons. The van der Waals surface area contributed by atoms with Gasteiger partial charge in [-0.1, -0.05) is 0 Å². The zero-order valence-corrected chi connectivity index (χ0v) is 27.9. The van der Waals surface area contributed by atoms with Crippen LogP contribution in [0.4, 0.5) is 0 Å². The van der Waals surface area contributed by atoms with E-state index in [-0.39, 0.29) is 5.41 Å². The van der Waals surface area contributed by atoms with E-state index in [1.807, 2.05) is 12.2 Å². The van der Waals surface area contributed by atoms with Crippen molar-refractivity contribution in [3.05, 3.63) is 141 Å². The van der Waals surface area contributed by atoms with E-state index in [2.05, 4.69) is 115 Å². The predicted octanol–water partition coefficient (Wildman–Crippen LogP) is 12.0. The van der Waals surface area contributed by atoms with Gasteiger partial charge in [-0.25, -0.2) is 0 Å². The van der Waals surface area contributed by atoms with E-state index >= 15 is 0 Å². The summed E-state index contributed by atoms with van der Waals surface area (Å²) in [7, 11) is -1.87. The Balaban J connectivity index is 1.77. The van der Waals surface area contributed by atoms with E-state index in [9.17, 15) is 0 Å². The molecule has 218 valence electrons. The van der Waals surface area contributed by atoms with Crippen molar-refractivity contribution in [3.8, 4) is 0 Å². The minimum atomic E-state index is -1.87. The van der Waals surface area contributed by atoms with Crippen LogP contribution in [-0.2, 0) is 0 Å². The summed E-state index contributed by atoms with van der Waals surface area (Å²) >= 11 is 0. The van der Waals surface area contributed by atoms with Gasteiger partial charge in [-0.3, -0.25) is 0 Å². The topological polar surface area (TPSA) is 0 Å². The Kier molecular flexibility index (Phi) is 9.97. The molecule has 0 saturated heterocycles. The fraction of sp³-hybridized carbons (Fsp3) is 0.400. The van der Waals surface area contributed by atoms with Crippen molar-refractivity contribution in [3.63, 3.8) is 0 Å². The van der Waals surface area contributed by atoms with Crippen molar-refractivity contribution >= 4 is 7.26 Å². The molecule has 4 rings (SSSR count). The molecule has 0 aromatic carbocycles. The molecule has 0 N–H and O–H groups in total. The van der Waals surface area contributed by atoms with Crippen molar-refractivity contribution in [2.75, 3.05) is 12.8 Å². The Bertz CT molecular complexity index is 1400. The van der Waals surface area contributed by atoms with Crippen LogP contribution < -0.4 is 0 Å². The Morgan fingerprint density at radius 3 is 2.63 bits per heavy atom. The third-order valence-electron chi connectivity index (χ3n) is 10.0. The Morgan fingerprint density at radius 2 is 1.93 bits per heavy atom. The van der Waals surface area contributed by atoms with Gasteiger partial charge in [0.1, 0.15) is 0 Å². The molecule has 4 aliphatic carbocycles. The van der Waals surface area contributed by atoms with Crippen LogP contribution in [0.1, 0.15) is 80.1 Å². The van der Waals surface area contributed by atoms with E-state index in [0.29, 0.717) is 5.92 Å². The molecular weight excluding hydrogens is 511 g/mol. The van der Waals surface area contributed by atoms with Crippen LogP contribution in [0.15, 0.2) is 141 Å². The van der Waals surface area contributed by atoms with Gasteiger partial charge in [0, 0.05) is 0 Å². The van der Waals surface area contributed by atoms with Gasteiger partial charge in [0.25, 0.3) is 0 Å². The van der Waals surface area contributed by atoms with E-state index in [0.717, 1.165) is 38.5 Å². The molecule has 0 nitrogen and oxygen atoms in total. The molecule has 0 aliphatic heterocycles. The van der Waals surface area contributed by atoms with Gasteiger partial charge >= 0.3 is 253 Å². The van der Waals surface area contributed by atoms with Crippen LogP contribution in [-0.4, -0.2) is 12.8 Å². The summed E-state index contributed by atoms with van der Waals surface area (Å²) in [5, 5.41) is 1.60. The first-order valence-electron chi connectivity index (χ1n) is 15.8. The molecule has 4 aliphatic rings. The molecule has 0 bridgehead atoms. The summed E-state index contributed by atoms with van der Waals surface area (Å²) in [4.78, 5) is 0. The molecule has 41 heavy (non-hydrogen) atoms. The Morgan fingerprint density at radius 1 is 1.15 bits per heavy atom. The second kappa shape index (κ2) is 13.1. The fourth-order valence-electron chi connectivity index (χ4n) is 7.55. The van der Waals surface area contributed by atoms with E-state index < -0.39 is 7.26 Å². The first kappa shape index (κ1) is 31.3. The molecule has 0 saturated carbocycles. The molecule has 0 fully saturated rings. The molecule has 0 aromatic heterocycles. The van der Waals surface area contributed by atoms with Gasteiger partial charge in [0.2, 0.25) is 0 Å². The van der Waals surface area contributed by atoms with Gasteiger partial charge in [-0.15, -0.1) is 0 Å². The van der Waals surface area contributed by atoms with Crippen molar-refractivity contribution in [2.24, 2.45) is 11.3 Å². The molecule has 0 amide bonds. The van der Waals surface area contributed by atoms with Crippen molar-refractivity contribution in [1.82, 2.24) is 0 Å². The summed E-state index contributed by atoms with van der Waals surface area (Å²) in [5.41, 5.74) is 13.2. The third-order valence-corrected chi connectivity index (χ3v) is 14.1. The average Bonchev–Trinajstić information content (AvgIpc) is 2.97. The van der Waals surface area contributed by atoms with E-state index in [1.165, 1.54) is 39.6 Å². The number of rotatable bonds is 9. The van der Waals surface area contributed by atoms with Crippen LogP contribution in [0.2, 0.25) is 0 Å². The SMILES string of the molecule is C=C/C=C\C=C(/C)C1=C([PH](C)(/C=C\C2=CCCC3=C2C(=C)C2=C(C(C)=CCC2CC=CC)C3(C)C)CC)C=CCC1. The van der Waals surface area contributed by atoms with Gasteiger partial charge in [0.15, 0.2) is 0 Å². The number of hydrogen-bond donors (Lipinski definition) is 0. The number of hydrogen-bond acceptors (Lipinski definition) is 0. The summed E-state index contributed by atoms with van der Waals surface area (Å²) in [6.45, 7) is 25.3. The maximum atomic E-state index is 4.84. The van der Waals surface area contributed by atoms with Crippen LogP contribution in [0, 0.1) is 11.3 Å². The van der Waals surface area contributed by atoms with E-state index in [4.69, 9.17) is 6.58 Å². The Hall–Kier alpha value is -2.69. The van der Waals surface area contributed by atoms with Crippen molar-refractivity contribution in [1.29, 1.82) is 0 Å². The first-order valence-corrected chi connectivity index (χ1v) is 18.6. The summed E-state index contributed by atoms with van der Waals surface area (Å²) in [6.07, 6.45) is 33.0. The maximum absolute atomic E-state index is 4.84. The minimum absolute atomic E-state index is 0.0303. The average molecular weight is 565 g/mol. The second-order valence-electron chi connectivity index (χ2n) is 13.0. The quantitative estimate of drug-likeness (QED) is 0.148. The second-order valence-corrected chi connectivity index (χ2v) is 17.4. The third kappa shape index (κ3) is 6.10. The van der Waals surface area contributed by atoms with Crippen molar-refractivity contribution in [2.45, 2.75) is 80.1 Å². The van der Waals surface area contributed by atoms with Crippen molar-refractivity contribution < 1.29 is 0 Å². The standard InChI is InChI=1S/C40H53P/c1-10-13-15-19-29(4)34-22-16-17-24-36(34)41(9,12-3)28-27-33-21-18-23-35-37(33)31(6)38-32(20-14-11-2)26-25-30(5)39(38)40(35,7)8/h10-11,13-15,17,19,21,24-25,27-28,32,41H,1,6,12,16,18,20,22-23,26H2,2-5,7-9H3/b14-11?,15-13-,28-27-,29-19+. The van der Waals surface area contributed by atoms with Gasteiger partial charge in [-0.05, 0) is 0 Å². The fourth-order valence-corrected chi connectivity index (χ4v) is 10.4. The summed E-state index contributed by atoms with van der Waals surface area (Å²) in [5.74, 6) is 3.15. The van der Waals surface area contributed by atoms with E-state index in [1.54, 1.807) is 22.0 Å². The van der Waals surface area contributed by atoms with Gasteiger partial charge in [0.05, 0.1) is 0 Å². The van der Waals surface area contributed by atoms with Crippen LogP contribution in [0.3, 0.4) is 0 Å². The molecule has 1 unspecified atom stereocenters. The Labute approximate surface area is 252 Å². The molecule has 1 heteroatoms. The number of allylic oxidation sites excluding steroid dienone is 21. The van der Waals surface area contributed by atoms with Crippen LogP contribution >= 0.6 is 7.26 Å². The van der Waals surface area contributed by atoms with Crippen LogP contribution in [0.25, 0.3) is 0 Å².